The summed E-state index contributed by atoms with van der Waals surface area (Å²) in [5, 5.41) is 2.75. The van der Waals surface area contributed by atoms with E-state index in [2.05, 4.69) is 4.74 Å². The van der Waals surface area contributed by atoms with Crippen LogP contribution >= 0.6 is 0 Å². The molecule has 6 nitrogen and oxygen atoms in total. The normalized spacial score (nSPS) is 16.0. The first-order chi connectivity index (χ1) is 13.7. The van der Waals surface area contributed by atoms with E-state index in [-0.39, 0.29) is 12.5 Å². The van der Waals surface area contributed by atoms with Gasteiger partial charge in [0, 0.05) is 0 Å². The van der Waals surface area contributed by atoms with Crippen LogP contribution in [0.25, 0.3) is 0 Å². The van der Waals surface area contributed by atoms with Crippen molar-refractivity contribution >= 4 is 16.2 Å². The molecule has 1 aromatic carbocycles. The van der Waals surface area contributed by atoms with Crippen molar-refractivity contribution in [1.29, 1.82) is 0 Å². The minimum atomic E-state index is -7.57. The number of hydrogen-bond donors (Lipinski definition) is 1. The van der Waals surface area contributed by atoms with Gasteiger partial charge in [-0.25, -0.2) is 9.53 Å². The SMILES string of the molecule is CC(O)(CC(F)(F)C(F)(F)OC(F)(F)C(F)(F)S(=O)(=O)F)C(=O)OCc1ccccc1. The van der Waals surface area contributed by atoms with Crippen LogP contribution in [0, 0.1) is 0 Å². The zero-order chi connectivity index (χ0) is 24.5. The Morgan fingerprint density at radius 1 is 0.968 bits per heavy atom. The van der Waals surface area contributed by atoms with E-state index in [0.717, 1.165) is 0 Å². The molecule has 1 aromatic rings. The summed E-state index contributed by atoms with van der Waals surface area (Å²) in [7, 11) is -7.57. The fourth-order valence-electron chi connectivity index (χ4n) is 1.92. The Kier molecular flexibility index (Phi) is 7.36. The third kappa shape index (κ3) is 6.00. The standard InChI is InChI=1S/C15H13F9O6S/c1-11(26,10(25)29-7-9-5-3-2-4-6-9)8-12(16,17)13(18,19)30-14(20,21)15(22,23)31(24,27)28/h2-6,26H,7-8H2,1H3. The highest BCUT2D eigenvalue weighted by Gasteiger charge is 2.75. The Hall–Kier alpha value is -2.07. The van der Waals surface area contributed by atoms with E-state index in [1.165, 1.54) is 24.3 Å². The van der Waals surface area contributed by atoms with Gasteiger partial charge in [0.15, 0.2) is 5.60 Å². The molecule has 0 saturated heterocycles. The molecule has 0 heterocycles. The molecule has 1 N–H and O–H groups in total. The predicted molar refractivity (Wildman–Crippen MR) is 82.4 cm³/mol. The lowest BCUT2D eigenvalue weighted by Crippen LogP contribution is -2.57. The van der Waals surface area contributed by atoms with Gasteiger partial charge in [0.05, 0.1) is 6.42 Å². The lowest BCUT2D eigenvalue weighted by Gasteiger charge is -2.34. The number of carbonyl (C=O) groups excluding carboxylic acids is 1. The van der Waals surface area contributed by atoms with E-state index in [9.17, 15) is 57.3 Å². The number of ether oxygens (including phenoxy) is 2. The molecule has 0 aromatic heterocycles. The monoisotopic (exact) mass is 492 g/mol. The molecule has 16 heteroatoms. The summed E-state index contributed by atoms with van der Waals surface area (Å²) in [6.45, 7) is -0.393. The van der Waals surface area contributed by atoms with Crippen LogP contribution in [0.3, 0.4) is 0 Å². The molecule has 0 fully saturated rings. The van der Waals surface area contributed by atoms with Crippen LogP contribution in [0.2, 0.25) is 0 Å². The predicted octanol–water partition coefficient (Wildman–Crippen LogP) is 3.60. The van der Waals surface area contributed by atoms with Crippen molar-refractivity contribution in [2.75, 3.05) is 0 Å². The van der Waals surface area contributed by atoms with Gasteiger partial charge in [-0.05, 0) is 12.5 Å². The van der Waals surface area contributed by atoms with Crippen molar-refractivity contribution in [3.63, 3.8) is 0 Å². The molecule has 0 spiro atoms. The van der Waals surface area contributed by atoms with Crippen molar-refractivity contribution in [3.05, 3.63) is 35.9 Å². The lowest BCUT2D eigenvalue weighted by atomic mass is 9.97. The first-order valence-electron chi connectivity index (χ1n) is 7.75. The molecule has 0 aliphatic heterocycles. The van der Waals surface area contributed by atoms with Crippen molar-refractivity contribution in [3.8, 4) is 0 Å². The third-order valence-corrected chi connectivity index (χ3v) is 4.40. The highest BCUT2D eigenvalue weighted by Crippen LogP contribution is 2.49. The molecule has 1 rings (SSSR count). The number of aliphatic hydroxyl groups is 1. The minimum absolute atomic E-state index is 0.225. The Morgan fingerprint density at radius 2 is 1.45 bits per heavy atom. The number of rotatable bonds is 10. The highest BCUT2D eigenvalue weighted by molar-refractivity contribution is 7.87. The molecule has 0 aliphatic rings. The van der Waals surface area contributed by atoms with Crippen molar-refractivity contribution < 1.29 is 66.8 Å². The second-order valence-corrected chi connectivity index (χ2v) is 7.70. The van der Waals surface area contributed by atoms with Gasteiger partial charge in [-0.1, -0.05) is 34.2 Å². The Morgan fingerprint density at radius 3 is 1.90 bits per heavy atom. The fraction of sp³-hybridized carbons (Fsp3) is 0.533. The molecule has 1 unspecified atom stereocenters. The zero-order valence-electron chi connectivity index (χ0n) is 15.1. The van der Waals surface area contributed by atoms with Crippen LogP contribution in [0.4, 0.5) is 39.0 Å². The van der Waals surface area contributed by atoms with Crippen LogP contribution in [-0.4, -0.2) is 48.5 Å². The largest absolute Gasteiger partial charge is 0.464 e. The Bertz CT molecular complexity index is 887. The van der Waals surface area contributed by atoms with Crippen molar-refractivity contribution in [2.24, 2.45) is 0 Å². The molecule has 0 saturated carbocycles. The van der Waals surface area contributed by atoms with Gasteiger partial charge in [0.1, 0.15) is 6.61 Å². The van der Waals surface area contributed by atoms with E-state index in [4.69, 9.17) is 0 Å². The van der Waals surface area contributed by atoms with E-state index in [0.29, 0.717) is 0 Å². The highest BCUT2D eigenvalue weighted by atomic mass is 32.3. The van der Waals surface area contributed by atoms with Crippen LogP contribution in [0.15, 0.2) is 30.3 Å². The van der Waals surface area contributed by atoms with Gasteiger partial charge in [-0.3, -0.25) is 0 Å². The number of alkyl halides is 8. The van der Waals surface area contributed by atoms with Crippen LogP contribution < -0.4 is 0 Å². The molecular formula is C15H13F9O6S. The first-order valence-corrected chi connectivity index (χ1v) is 9.14. The summed E-state index contributed by atoms with van der Waals surface area (Å²) in [4.78, 5) is 11.7. The maximum Gasteiger partial charge on any atom is 0.464 e. The fourth-order valence-corrected chi connectivity index (χ4v) is 2.25. The summed E-state index contributed by atoms with van der Waals surface area (Å²) in [6.07, 6.45) is -16.3. The number of halogens is 9. The number of hydrogen-bond acceptors (Lipinski definition) is 6. The molecule has 0 aliphatic carbocycles. The van der Waals surface area contributed by atoms with E-state index >= 15 is 0 Å². The minimum Gasteiger partial charge on any atom is -0.459 e. The van der Waals surface area contributed by atoms with Crippen LogP contribution in [0.1, 0.15) is 18.9 Å². The number of benzene rings is 1. The zero-order valence-corrected chi connectivity index (χ0v) is 15.9. The lowest BCUT2D eigenvalue weighted by molar-refractivity contribution is -0.458. The summed E-state index contributed by atoms with van der Waals surface area (Å²) in [5.41, 5.74) is -3.20. The maximum absolute atomic E-state index is 13.8. The van der Waals surface area contributed by atoms with Gasteiger partial charge >= 0.3 is 39.6 Å². The van der Waals surface area contributed by atoms with E-state index in [1.807, 2.05) is 4.74 Å². The molecule has 0 amide bonds. The molecular weight excluding hydrogens is 479 g/mol. The number of esters is 1. The molecule has 0 radical (unpaired) electrons. The second kappa shape index (κ2) is 8.46. The quantitative estimate of drug-likeness (QED) is 0.305. The topological polar surface area (TPSA) is 89.9 Å². The summed E-state index contributed by atoms with van der Waals surface area (Å²) in [5.74, 6) is -7.89. The average molecular weight is 492 g/mol. The first kappa shape index (κ1) is 27.0. The summed E-state index contributed by atoms with van der Waals surface area (Å²) < 4.78 is 145. The average Bonchev–Trinajstić information content (AvgIpc) is 2.57. The molecule has 1 atom stereocenters. The van der Waals surface area contributed by atoms with E-state index in [1.54, 1.807) is 6.07 Å². The van der Waals surface area contributed by atoms with Gasteiger partial charge in [0.25, 0.3) is 0 Å². The summed E-state index contributed by atoms with van der Waals surface area (Å²) >= 11 is 0. The van der Waals surface area contributed by atoms with Crippen molar-refractivity contribution in [2.45, 2.75) is 48.9 Å². The molecule has 0 bridgehead atoms. The van der Waals surface area contributed by atoms with Gasteiger partial charge in [-0.2, -0.15) is 43.5 Å². The number of carbonyl (C=O) groups is 1. The smallest absolute Gasteiger partial charge is 0.459 e. The molecule has 178 valence electrons. The Labute approximate surface area is 168 Å². The van der Waals surface area contributed by atoms with Gasteiger partial charge in [-0.15, -0.1) is 0 Å². The third-order valence-electron chi connectivity index (χ3n) is 3.55. The van der Waals surface area contributed by atoms with E-state index < -0.39 is 58.2 Å². The Balaban J connectivity index is 3.00. The van der Waals surface area contributed by atoms with Gasteiger partial charge < -0.3 is 9.84 Å². The second-order valence-electron chi connectivity index (χ2n) is 6.31. The maximum atomic E-state index is 13.8. The molecule has 31 heavy (non-hydrogen) atoms. The summed E-state index contributed by atoms with van der Waals surface area (Å²) in [6, 6.07) is 7.28. The van der Waals surface area contributed by atoms with Crippen molar-refractivity contribution in [1.82, 2.24) is 0 Å². The van der Waals surface area contributed by atoms with Gasteiger partial charge in [0.2, 0.25) is 0 Å². The van der Waals surface area contributed by atoms with Crippen LogP contribution in [-0.2, 0) is 31.1 Å². The van der Waals surface area contributed by atoms with Crippen LogP contribution in [0.5, 0.6) is 0 Å².